The first-order valence-electron chi connectivity index (χ1n) is 5.87. The van der Waals surface area contributed by atoms with Crippen LogP contribution in [0.5, 0.6) is 0 Å². The summed E-state index contributed by atoms with van der Waals surface area (Å²) in [4.78, 5) is 10.4. The number of carboxylic acids is 1. The maximum Gasteiger partial charge on any atom is 0.307 e. The molecule has 92 valence electrons. The van der Waals surface area contributed by atoms with Crippen molar-refractivity contribution in [1.82, 2.24) is 0 Å². The Labute approximate surface area is 99.3 Å². The van der Waals surface area contributed by atoms with Crippen LogP contribution < -0.4 is 0 Å². The van der Waals surface area contributed by atoms with Gasteiger partial charge in [0.05, 0.1) is 6.42 Å². The van der Waals surface area contributed by atoms with Crippen molar-refractivity contribution in [3.63, 3.8) is 0 Å². The standard InChI is InChI=1S/C10H12O2.2C2H6/c1-7-3-4-9(6-10(11)12)8(2)5-7;2*1-2/h3-5H,6H2,1-2H3,(H,11,12);2*1-2H3. The summed E-state index contributed by atoms with van der Waals surface area (Å²) in [5.74, 6) is -0.776. The SMILES string of the molecule is CC.CC.Cc1ccc(CC(=O)O)c(C)c1. The van der Waals surface area contributed by atoms with Gasteiger partial charge in [-0.05, 0) is 25.0 Å². The van der Waals surface area contributed by atoms with Crippen molar-refractivity contribution in [2.45, 2.75) is 48.0 Å². The van der Waals surface area contributed by atoms with Gasteiger partial charge in [0, 0.05) is 0 Å². The number of carbonyl (C=O) groups is 1. The maximum atomic E-state index is 10.4. The summed E-state index contributed by atoms with van der Waals surface area (Å²) in [5, 5.41) is 8.56. The fourth-order valence-corrected chi connectivity index (χ4v) is 1.21. The van der Waals surface area contributed by atoms with Crippen LogP contribution in [0.1, 0.15) is 44.4 Å². The summed E-state index contributed by atoms with van der Waals surface area (Å²) in [6.45, 7) is 11.9. The van der Waals surface area contributed by atoms with Crippen LogP contribution in [0.15, 0.2) is 18.2 Å². The highest BCUT2D eigenvalue weighted by molar-refractivity contribution is 5.70. The zero-order chi connectivity index (χ0) is 13.1. The second-order valence-corrected chi connectivity index (χ2v) is 3.00. The average Bonchev–Trinajstić information content (AvgIpc) is 2.28. The fraction of sp³-hybridized carbons (Fsp3) is 0.500. The Morgan fingerprint density at radius 1 is 1.12 bits per heavy atom. The van der Waals surface area contributed by atoms with Crippen molar-refractivity contribution in [3.05, 3.63) is 34.9 Å². The highest BCUT2D eigenvalue weighted by Crippen LogP contribution is 2.10. The Bertz CT molecular complexity index is 304. The second-order valence-electron chi connectivity index (χ2n) is 3.00. The number of aryl methyl sites for hydroxylation is 2. The topological polar surface area (TPSA) is 37.3 Å². The molecule has 0 radical (unpaired) electrons. The van der Waals surface area contributed by atoms with Crippen molar-refractivity contribution in [2.24, 2.45) is 0 Å². The van der Waals surface area contributed by atoms with Crippen LogP contribution in [0.3, 0.4) is 0 Å². The van der Waals surface area contributed by atoms with E-state index in [-0.39, 0.29) is 6.42 Å². The van der Waals surface area contributed by atoms with Crippen molar-refractivity contribution in [3.8, 4) is 0 Å². The van der Waals surface area contributed by atoms with E-state index < -0.39 is 5.97 Å². The lowest BCUT2D eigenvalue weighted by atomic mass is 10.0. The Balaban J connectivity index is 0. The van der Waals surface area contributed by atoms with Gasteiger partial charge >= 0.3 is 5.97 Å². The van der Waals surface area contributed by atoms with Crippen LogP contribution in [0.2, 0.25) is 0 Å². The Hall–Kier alpha value is -1.31. The van der Waals surface area contributed by atoms with Gasteiger partial charge in [-0.3, -0.25) is 4.79 Å². The molecule has 0 spiro atoms. The van der Waals surface area contributed by atoms with E-state index >= 15 is 0 Å². The predicted octanol–water partition coefficient (Wildman–Crippen LogP) is 3.98. The van der Waals surface area contributed by atoms with E-state index in [0.717, 1.165) is 11.1 Å². The molecule has 0 heterocycles. The zero-order valence-corrected chi connectivity index (χ0v) is 11.3. The first-order valence-corrected chi connectivity index (χ1v) is 5.87. The van der Waals surface area contributed by atoms with Crippen LogP contribution >= 0.6 is 0 Å². The zero-order valence-electron chi connectivity index (χ0n) is 11.3. The van der Waals surface area contributed by atoms with Crippen molar-refractivity contribution in [2.75, 3.05) is 0 Å². The number of aliphatic carboxylic acids is 1. The van der Waals surface area contributed by atoms with Gasteiger partial charge in [-0.25, -0.2) is 0 Å². The summed E-state index contributed by atoms with van der Waals surface area (Å²) in [6.07, 6.45) is 0.117. The molecule has 1 rings (SSSR count). The van der Waals surface area contributed by atoms with Gasteiger partial charge in [-0.2, -0.15) is 0 Å². The Morgan fingerprint density at radius 3 is 2.00 bits per heavy atom. The summed E-state index contributed by atoms with van der Waals surface area (Å²) in [5.41, 5.74) is 3.12. The molecule has 2 nitrogen and oxygen atoms in total. The van der Waals surface area contributed by atoms with E-state index in [9.17, 15) is 4.79 Å². The minimum atomic E-state index is -0.776. The molecule has 0 atom stereocenters. The van der Waals surface area contributed by atoms with E-state index in [0.29, 0.717) is 0 Å². The molecule has 0 amide bonds. The molecule has 1 N–H and O–H groups in total. The van der Waals surface area contributed by atoms with Gasteiger partial charge in [0.2, 0.25) is 0 Å². The Morgan fingerprint density at radius 2 is 1.62 bits per heavy atom. The predicted molar refractivity (Wildman–Crippen MR) is 70.0 cm³/mol. The molecule has 0 bridgehead atoms. The first-order chi connectivity index (χ1) is 7.59. The third kappa shape index (κ3) is 7.04. The van der Waals surface area contributed by atoms with E-state index in [2.05, 4.69) is 0 Å². The molecule has 0 aliphatic rings. The average molecular weight is 224 g/mol. The van der Waals surface area contributed by atoms with Crippen LogP contribution in [0, 0.1) is 13.8 Å². The molecular formula is C14H24O2. The monoisotopic (exact) mass is 224 g/mol. The van der Waals surface area contributed by atoms with Gasteiger partial charge in [0.15, 0.2) is 0 Å². The third-order valence-corrected chi connectivity index (χ3v) is 1.84. The molecule has 0 saturated heterocycles. The van der Waals surface area contributed by atoms with Gasteiger partial charge in [-0.1, -0.05) is 51.5 Å². The van der Waals surface area contributed by atoms with Crippen LogP contribution in [0.4, 0.5) is 0 Å². The smallest absolute Gasteiger partial charge is 0.307 e. The largest absolute Gasteiger partial charge is 0.481 e. The van der Waals surface area contributed by atoms with Gasteiger partial charge in [0.25, 0.3) is 0 Å². The Kier molecular flexibility index (Phi) is 10.9. The highest BCUT2D eigenvalue weighted by Gasteiger charge is 2.02. The molecule has 0 aromatic heterocycles. The normalized spacial score (nSPS) is 8.12. The van der Waals surface area contributed by atoms with Crippen LogP contribution in [-0.2, 0) is 11.2 Å². The minimum Gasteiger partial charge on any atom is -0.481 e. The summed E-state index contributed by atoms with van der Waals surface area (Å²) in [7, 11) is 0. The van der Waals surface area contributed by atoms with Gasteiger partial charge in [0.1, 0.15) is 0 Å². The first kappa shape index (κ1) is 17.1. The van der Waals surface area contributed by atoms with E-state index in [1.807, 2.05) is 59.7 Å². The summed E-state index contributed by atoms with van der Waals surface area (Å²) >= 11 is 0. The molecule has 0 aliphatic heterocycles. The quantitative estimate of drug-likeness (QED) is 0.825. The summed E-state index contributed by atoms with van der Waals surface area (Å²) < 4.78 is 0. The van der Waals surface area contributed by atoms with Gasteiger partial charge in [-0.15, -0.1) is 0 Å². The van der Waals surface area contributed by atoms with Crippen LogP contribution in [0.25, 0.3) is 0 Å². The number of benzene rings is 1. The number of rotatable bonds is 2. The second kappa shape index (κ2) is 10.2. The highest BCUT2D eigenvalue weighted by atomic mass is 16.4. The van der Waals surface area contributed by atoms with Crippen molar-refractivity contribution >= 4 is 5.97 Å². The lowest BCUT2D eigenvalue weighted by Gasteiger charge is -2.02. The number of carboxylic acid groups (broad SMARTS) is 1. The molecule has 1 aromatic rings. The molecule has 1 aromatic carbocycles. The molecule has 0 saturated carbocycles. The maximum absolute atomic E-state index is 10.4. The minimum absolute atomic E-state index is 0.117. The van der Waals surface area contributed by atoms with Crippen molar-refractivity contribution in [1.29, 1.82) is 0 Å². The number of hydrogen-bond donors (Lipinski definition) is 1. The number of hydrogen-bond acceptors (Lipinski definition) is 1. The molecule has 0 fully saturated rings. The molecule has 16 heavy (non-hydrogen) atoms. The lowest BCUT2D eigenvalue weighted by Crippen LogP contribution is -2.01. The third-order valence-electron chi connectivity index (χ3n) is 1.84. The van der Waals surface area contributed by atoms with E-state index in [1.165, 1.54) is 5.56 Å². The summed E-state index contributed by atoms with van der Waals surface area (Å²) in [6, 6.07) is 5.81. The molecule has 2 heteroatoms. The van der Waals surface area contributed by atoms with Crippen LogP contribution in [-0.4, -0.2) is 11.1 Å². The molecular weight excluding hydrogens is 200 g/mol. The van der Waals surface area contributed by atoms with Crippen molar-refractivity contribution < 1.29 is 9.90 Å². The van der Waals surface area contributed by atoms with E-state index in [1.54, 1.807) is 0 Å². The fourth-order valence-electron chi connectivity index (χ4n) is 1.21. The molecule has 0 aliphatic carbocycles. The van der Waals surface area contributed by atoms with E-state index in [4.69, 9.17) is 5.11 Å². The molecule has 0 unspecified atom stereocenters. The lowest BCUT2D eigenvalue weighted by molar-refractivity contribution is -0.136. The van der Waals surface area contributed by atoms with Gasteiger partial charge < -0.3 is 5.11 Å².